The molecule has 0 aliphatic carbocycles. The minimum absolute atomic E-state index is 0.0281. The first-order valence-electron chi connectivity index (χ1n) is 8.57. The Labute approximate surface area is 180 Å². The van der Waals surface area contributed by atoms with Crippen LogP contribution < -0.4 is 10.5 Å². The number of halogens is 1. The van der Waals surface area contributed by atoms with E-state index in [4.69, 9.17) is 17.3 Å². The van der Waals surface area contributed by atoms with E-state index in [1.165, 1.54) is 47.7 Å². The van der Waals surface area contributed by atoms with Crippen molar-refractivity contribution in [2.45, 2.75) is 11.8 Å². The van der Waals surface area contributed by atoms with Gasteiger partial charge in [-0.1, -0.05) is 11.6 Å². The molecule has 0 saturated heterocycles. The average Bonchev–Trinajstić information content (AvgIpc) is 3.05. The summed E-state index contributed by atoms with van der Waals surface area (Å²) in [5.74, 6) is -0.269. The summed E-state index contributed by atoms with van der Waals surface area (Å²) in [6.45, 7) is 1.86. The molecule has 0 fully saturated rings. The van der Waals surface area contributed by atoms with Crippen molar-refractivity contribution >= 4 is 60.5 Å². The van der Waals surface area contributed by atoms with Crippen molar-refractivity contribution in [2.24, 2.45) is 0 Å². The molecule has 0 unspecified atom stereocenters. The number of aryl methyl sites for hydroxylation is 1. The maximum absolute atomic E-state index is 12.9. The van der Waals surface area contributed by atoms with Gasteiger partial charge in [0.15, 0.2) is 11.0 Å². The second-order valence-electron chi connectivity index (χ2n) is 6.35. The fraction of sp³-hybridized carbons (Fsp3) is 0.0526. The fourth-order valence-electron chi connectivity index (χ4n) is 2.74. The molecule has 11 heteroatoms. The van der Waals surface area contributed by atoms with Gasteiger partial charge in [-0.25, -0.2) is 13.4 Å². The van der Waals surface area contributed by atoms with Gasteiger partial charge in [-0.3, -0.25) is 9.52 Å². The van der Waals surface area contributed by atoms with Gasteiger partial charge in [-0.05, 0) is 55.5 Å². The molecular formula is C19H14ClN5O3S2. The van der Waals surface area contributed by atoms with Crippen LogP contribution in [0.2, 0.25) is 5.15 Å². The van der Waals surface area contributed by atoms with Crippen molar-refractivity contribution in [3.63, 3.8) is 0 Å². The number of hydrogen-bond acceptors (Lipinski definition) is 8. The Hall–Kier alpha value is -3.08. The van der Waals surface area contributed by atoms with Crippen LogP contribution in [-0.4, -0.2) is 29.4 Å². The van der Waals surface area contributed by atoms with Gasteiger partial charge in [0.1, 0.15) is 9.71 Å². The van der Waals surface area contributed by atoms with Crippen molar-refractivity contribution in [1.82, 2.24) is 15.2 Å². The topological polar surface area (TPSA) is 128 Å². The van der Waals surface area contributed by atoms with E-state index < -0.39 is 10.0 Å². The van der Waals surface area contributed by atoms with E-state index in [0.717, 1.165) is 11.1 Å². The normalized spacial score (nSPS) is 11.5. The quantitative estimate of drug-likeness (QED) is 0.436. The molecule has 0 amide bonds. The number of nitrogen functional groups attached to an aromatic ring is 1. The molecular weight excluding hydrogens is 446 g/mol. The van der Waals surface area contributed by atoms with Gasteiger partial charge in [0.2, 0.25) is 5.78 Å². The van der Waals surface area contributed by atoms with Crippen molar-refractivity contribution in [3.05, 3.63) is 69.8 Å². The number of aromatic nitrogens is 3. The lowest BCUT2D eigenvalue weighted by molar-refractivity contribution is 0.104. The number of carbonyl (C=O) groups is 1. The number of sulfonamides is 1. The number of nitrogens with one attached hydrogen (secondary N) is 1. The van der Waals surface area contributed by atoms with Gasteiger partial charge < -0.3 is 5.73 Å². The van der Waals surface area contributed by atoms with Crippen LogP contribution in [0.4, 0.5) is 11.5 Å². The Kier molecular flexibility index (Phi) is 5.14. The number of nitrogens with two attached hydrogens (primary N) is 1. The summed E-state index contributed by atoms with van der Waals surface area (Å²) in [5, 5.41) is 8.12. The van der Waals surface area contributed by atoms with Crippen molar-refractivity contribution in [2.75, 3.05) is 10.5 Å². The van der Waals surface area contributed by atoms with E-state index in [9.17, 15) is 13.2 Å². The van der Waals surface area contributed by atoms with Crippen LogP contribution in [0.5, 0.6) is 0 Å². The summed E-state index contributed by atoms with van der Waals surface area (Å²) in [4.78, 5) is 18.3. The summed E-state index contributed by atoms with van der Waals surface area (Å²) in [6.07, 6.45) is 0. The molecule has 0 aliphatic heterocycles. The molecule has 3 heterocycles. The highest BCUT2D eigenvalue weighted by Crippen LogP contribution is 2.34. The predicted octanol–water partition coefficient (Wildman–Crippen LogP) is 3.66. The third-order valence-electron chi connectivity index (χ3n) is 4.24. The van der Waals surface area contributed by atoms with Crippen LogP contribution in [0, 0.1) is 6.92 Å². The van der Waals surface area contributed by atoms with Gasteiger partial charge in [0.05, 0.1) is 10.6 Å². The Balaban J connectivity index is 1.61. The van der Waals surface area contributed by atoms with E-state index in [1.807, 2.05) is 19.1 Å². The molecule has 152 valence electrons. The van der Waals surface area contributed by atoms with E-state index in [1.54, 1.807) is 0 Å². The number of carbonyl (C=O) groups excluding carboxylic acids is 1. The van der Waals surface area contributed by atoms with Crippen molar-refractivity contribution < 1.29 is 13.2 Å². The van der Waals surface area contributed by atoms with Crippen molar-refractivity contribution in [3.8, 4) is 0 Å². The van der Waals surface area contributed by atoms with E-state index in [0.29, 0.717) is 21.0 Å². The molecule has 0 spiro atoms. The summed E-state index contributed by atoms with van der Waals surface area (Å²) in [7, 11) is -3.91. The van der Waals surface area contributed by atoms with Crippen LogP contribution in [0.15, 0.2) is 53.4 Å². The minimum atomic E-state index is -3.91. The molecule has 0 atom stereocenters. The number of pyridine rings is 1. The second-order valence-corrected chi connectivity index (χ2v) is 9.42. The Bertz CT molecular complexity index is 1370. The van der Waals surface area contributed by atoms with Crippen molar-refractivity contribution in [1.29, 1.82) is 0 Å². The molecule has 0 saturated carbocycles. The highest BCUT2D eigenvalue weighted by molar-refractivity contribution is 7.92. The maximum Gasteiger partial charge on any atom is 0.263 e. The number of nitrogens with zero attached hydrogens (tertiary/aromatic N) is 3. The minimum Gasteiger partial charge on any atom is -0.397 e. The molecule has 0 radical (unpaired) electrons. The number of thiophene rings is 1. The summed E-state index contributed by atoms with van der Waals surface area (Å²) < 4.78 is 27.3. The maximum atomic E-state index is 12.9. The second kappa shape index (κ2) is 7.63. The Morgan fingerprint density at radius 2 is 1.80 bits per heavy atom. The van der Waals surface area contributed by atoms with Crippen LogP contribution >= 0.6 is 22.9 Å². The Morgan fingerprint density at radius 3 is 2.47 bits per heavy atom. The molecule has 4 rings (SSSR count). The van der Waals surface area contributed by atoms with Gasteiger partial charge >= 0.3 is 0 Å². The van der Waals surface area contributed by atoms with Gasteiger partial charge in [-0.15, -0.1) is 21.5 Å². The Morgan fingerprint density at radius 1 is 1.07 bits per heavy atom. The number of hydrogen-bond donors (Lipinski definition) is 2. The molecule has 3 N–H and O–H groups in total. The lowest BCUT2D eigenvalue weighted by Gasteiger charge is -2.07. The third-order valence-corrected chi connectivity index (χ3v) is 6.92. The van der Waals surface area contributed by atoms with Crippen LogP contribution in [0.1, 0.15) is 20.9 Å². The predicted molar refractivity (Wildman–Crippen MR) is 116 cm³/mol. The first kappa shape index (κ1) is 20.2. The third kappa shape index (κ3) is 3.84. The fourth-order valence-corrected chi connectivity index (χ4v) is 4.94. The first-order valence-corrected chi connectivity index (χ1v) is 11.2. The smallest absolute Gasteiger partial charge is 0.263 e. The molecule has 3 aromatic heterocycles. The largest absolute Gasteiger partial charge is 0.397 e. The van der Waals surface area contributed by atoms with E-state index in [-0.39, 0.29) is 21.6 Å². The molecule has 4 aromatic rings. The SMILES string of the molecule is Cc1ccc2c(N)c(C(=O)c3ccc(S(=O)(=O)Nc4ccc(Cl)nn4)cc3)sc2n1. The number of benzene rings is 1. The lowest BCUT2D eigenvalue weighted by Crippen LogP contribution is -2.14. The summed E-state index contributed by atoms with van der Waals surface area (Å²) >= 11 is 6.86. The van der Waals surface area contributed by atoms with Gasteiger partial charge in [0.25, 0.3) is 10.0 Å². The molecule has 8 nitrogen and oxygen atoms in total. The molecule has 0 bridgehead atoms. The number of ketones is 1. The van der Waals surface area contributed by atoms with Crippen LogP contribution in [-0.2, 0) is 10.0 Å². The average molecular weight is 460 g/mol. The van der Waals surface area contributed by atoms with Gasteiger partial charge in [0, 0.05) is 16.6 Å². The van der Waals surface area contributed by atoms with Crippen LogP contribution in [0.3, 0.4) is 0 Å². The van der Waals surface area contributed by atoms with Crippen LogP contribution in [0.25, 0.3) is 10.2 Å². The number of anilines is 2. The first-order chi connectivity index (χ1) is 14.2. The standard InChI is InChI=1S/C19H14ClN5O3S2/c1-10-2-7-13-16(21)18(29-19(13)22-10)17(26)11-3-5-12(6-4-11)30(27,28)25-15-9-8-14(20)23-24-15/h2-9H,21H2,1H3,(H,24,25). The monoisotopic (exact) mass is 459 g/mol. The summed E-state index contributed by atoms with van der Waals surface area (Å²) in [5.41, 5.74) is 7.66. The lowest BCUT2D eigenvalue weighted by atomic mass is 10.1. The van der Waals surface area contributed by atoms with E-state index in [2.05, 4.69) is 19.9 Å². The zero-order chi connectivity index (χ0) is 21.5. The zero-order valence-corrected chi connectivity index (χ0v) is 17.8. The zero-order valence-electron chi connectivity index (χ0n) is 15.5. The number of rotatable bonds is 5. The summed E-state index contributed by atoms with van der Waals surface area (Å²) in [6, 6.07) is 12.0. The molecule has 1 aromatic carbocycles. The number of fused-ring (bicyclic) bond motifs is 1. The molecule has 0 aliphatic rings. The van der Waals surface area contributed by atoms with E-state index >= 15 is 0 Å². The highest BCUT2D eigenvalue weighted by Gasteiger charge is 2.20. The molecule has 30 heavy (non-hydrogen) atoms. The van der Waals surface area contributed by atoms with Gasteiger partial charge in [-0.2, -0.15) is 0 Å². The highest BCUT2D eigenvalue weighted by atomic mass is 35.5.